The van der Waals surface area contributed by atoms with Crippen LogP contribution in [0.3, 0.4) is 0 Å². The number of nitrogens with zero attached hydrogens (tertiary/aromatic N) is 12. The van der Waals surface area contributed by atoms with Gasteiger partial charge in [-0.1, -0.05) is 33.8 Å². The number of aliphatic hydroxyl groups excluding tert-OH is 1. The van der Waals surface area contributed by atoms with Crippen LogP contribution in [-0.2, 0) is 82.1 Å². The normalized spacial score (nSPS) is 21.9. The van der Waals surface area contributed by atoms with Crippen molar-refractivity contribution >= 4 is 129 Å². The second-order valence-corrected chi connectivity index (χ2v) is 28.9. The van der Waals surface area contributed by atoms with Crippen LogP contribution in [0.2, 0.25) is 0 Å². The maximum absolute atomic E-state index is 14.1. The molecule has 2 fully saturated rings. The third-order valence-electron chi connectivity index (χ3n) is 13.4. The topological polar surface area (TPSA) is 404 Å². The number of hydrogen-bond acceptors (Lipinski definition) is 29. The predicted molar refractivity (Wildman–Crippen MR) is 315 cm³/mol. The number of nitrogen functional groups attached to an aromatic ring is 2. The average Bonchev–Trinajstić information content (AvgIpc) is 1.82. The number of aliphatic hydroxyl groups is 1. The van der Waals surface area contributed by atoms with Gasteiger partial charge in [0.1, 0.15) is 55.2 Å². The highest BCUT2D eigenvalue weighted by Gasteiger charge is 2.50. The molecule has 2 saturated heterocycles. The molecular weight excluding hydrogens is 1250 g/mol. The standard InChI is InChI=1S/C47H68N14O19P2S4/c1-47(2,11-9-31(62)56(3)12-13-57(4)32(63)10-16-72-17-15-59-33(64)7-8-34(59)65)86-85-20-19-73-45(67)58(5)14-18-74-46(68)79-29-21-28(77-43(29)60-26-54-35-39(48)50-24-52-41(35)60)22-75-82(70,84)80-38-37(66)30(23-76-81(69,83)71-6)78-44(38)61-27-55-36-40(49)51-25-53-42(36)61/h7-8,24-30,37-38,43-44,66H,9-23H2,1-6H3,(H,69,83)(H,70,84)(H2,48,50,52)(H2,49,51,53)/t28-,29+,30+,37+,38+,43+,44+,81?,82?/m0/s1. The number of nitrogens with two attached hydrogens (primary N) is 2. The van der Waals surface area contributed by atoms with E-state index in [2.05, 4.69) is 42.2 Å². The average molecular weight is 1320 g/mol. The lowest BCUT2D eigenvalue weighted by molar-refractivity contribution is -0.138. The van der Waals surface area contributed by atoms with Crippen LogP contribution in [0.25, 0.3) is 22.3 Å². The summed E-state index contributed by atoms with van der Waals surface area (Å²) in [7, 11) is 8.97. The quantitative estimate of drug-likeness (QED) is 0.0117. The molecule has 6 N–H and O–H groups in total. The van der Waals surface area contributed by atoms with Gasteiger partial charge in [0.05, 0.1) is 64.7 Å². The first-order valence-electron chi connectivity index (χ1n) is 26.4. The molecule has 4 aromatic heterocycles. The Labute approximate surface area is 511 Å². The Morgan fingerprint density at radius 1 is 0.826 bits per heavy atom. The molecule has 0 spiro atoms. The number of rotatable bonds is 32. The third-order valence-corrected chi connectivity index (χ3v) is 20.0. The number of anilines is 2. The molecule has 0 aromatic carbocycles. The highest BCUT2D eigenvalue weighted by Crippen LogP contribution is 2.57. The smallest absolute Gasteiger partial charge is 0.449 e. The maximum Gasteiger partial charge on any atom is 0.508 e. The fourth-order valence-electron chi connectivity index (χ4n) is 8.50. The number of likely N-dealkylation sites (N-methyl/N-ethyl adjacent to an activating group) is 3. The highest BCUT2D eigenvalue weighted by molar-refractivity contribution is 8.77. The molecule has 7 rings (SSSR count). The number of carbonyl (C=O) groups excluding carboxylic acids is 6. The number of aromatic nitrogens is 8. The number of hydrogen-bond donors (Lipinski definition) is 5. The van der Waals surface area contributed by atoms with Gasteiger partial charge in [-0.2, -0.15) is 0 Å². The lowest BCUT2D eigenvalue weighted by Crippen LogP contribution is -2.38. The fourth-order valence-corrected chi connectivity index (χ4v) is 13.0. The summed E-state index contributed by atoms with van der Waals surface area (Å²) in [6, 6.07) is 0. The summed E-state index contributed by atoms with van der Waals surface area (Å²) in [4.78, 5) is 115. The number of amides is 5. The van der Waals surface area contributed by atoms with E-state index in [0.29, 0.717) is 25.3 Å². The molecule has 33 nitrogen and oxygen atoms in total. The molecule has 4 aromatic rings. The first kappa shape index (κ1) is 68.1. The largest absolute Gasteiger partial charge is 0.508 e. The van der Waals surface area contributed by atoms with Crippen molar-refractivity contribution in [2.75, 3.05) is 111 Å². The van der Waals surface area contributed by atoms with Crippen molar-refractivity contribution in [3.63, 3.8) is 0 Å². The van der Waals surface area contributed by atoms with Crippen LogP contribution in [0, 0.1) is 0 Å². The van der Waals surface area contributed by atoms with Crippen molar-refractivity contribution in [1.29, 1.82) is 0 Å². The highest BCUT2D eigenvalue weighted by atomic mass is 33.1. The van der Waals surface area contributed by atoms with Gasteiger partial charge in [0.15, 0.2) is 41.5 Å². The third kappa shape index (κ3) is 18.6. The maximum atomic E-state index is 14.1. The Kier molecular flexibility index (Phi) is 24.3. The molecule has 0 aliphatic carbocycles. The predicted octanol–water partition coefficient (Wildman–Crippen LogP) is 2.47. The van der Waals surface area contributed by atoms with Gasteiger partial charge >= 0.3 is 25.8 Å². The summed E-state index contributed by atoms with van der Waals surface area (Å²) in [5.41, 5.74) is 12.9. The van der Waals surface area contributed by atoms with Crippen LogP contribution < -0.4 is 11.5 Å². The number of imidazole rings is 2. The van der Waals surface area contributed by atoms with E-state index in [1.54, 1.807) is 29.8 Å². The van der Waals surface area contributed by atoms with Crippen LogP contribution >= 0.6 is 47.4 Å². The first-order valence-corrected chi connectivity index (χ1v) is 34.0. The molecule has 474 valence electrons. The van der Waals surface area contributed by atoms with Crippen molar-refractivity contribution in [2.45, 2.75) is 87.3 Å². The molecule has 3 aliphatic rings. The van der Waals surface area contributed by atoms with E-state index in [1.807, 2.05) is 13.8 Å². The summed E-state index contributed by atoms with van der Waals surface area (Å²) < 4.78 is 72.6. The van der Waals surface area contributed by atoms with Crippen LogP contribution in [0.4, 0.5) is 21.2 Å². The zero-order chi connectivity index (χ0) is 62.5. The van der Waals surface area contributed by atoms with Crippen molar-refractivity contribution in [3.8, 4) is 0 Å². The Bertz CT molecular complexity index is 3170. The minimum atomic E-state index is -4.48. The monoisotopic (exact) mass is 1320 g/mol. The van der Waals surface area contributed by atoms with E-state index in [-0.39, 0.29) is 109 Å². The van der Waals surface area contributed by atoms with E-state index in [4.69, 9.17) is 69.8 Å². The van der Waals surface area contributed by atoms with Gasteiger partial charge in [-0.05, 0) is 32.1 Å². The summed E-state index contributed by atoms with van der Waals surface area (Å²) in [5, 5.41) is 11.5. The molecule has 86 heavy (non-hydrogen) atoms. The molecule has 3 aliphatic heterocycles. The summed E-state index contributed by atoms with van der Waals surface area (Å²) >= 11 is 9.15. The van der Waals surface area contributed by atoms with Gasteiger partial charge in [0, 0.05) is 76.8 Å². The summed E-state index contributed by atoms with van der Waals surface area (Å²) in [6.45, 7) is -4.43. The van der Waals surface area contributed by atoms with Crippen LogP contribution in [0.5, 0.6) is 0 Å². The van der Waals surface area contributed by atoms with Gasteiger partial charge < -0.3 is 73.6 Å². The van der Waals surface area contributed by atoms with Gasteiger partial charge in [-0.3, -0.25) is 42.3 Å². The van der Waals surface area contributed by atoms with Crippen LogP contribution in [0.15, 0.2) is 37.5 Å². The molecule has 2 unspecified atom stereocenters. The molecule has 39 heteroatoms. The van der Waals surface area contributed by atoms with E-state index >= 15 is 0 Å². The van der Waals surface area contributed by atoms with Crippen molar-refractivity contribution in [1.82, 2.24) is 58.6 Å². The number of ether oxygens (including phenoxy) is 6. The van der Waals surface area contributed by atoms with Gasteiger partial charge in [-0.15, -0.1) is 0 Å². The van der Waals surface area contributed by atoms with E-state index in [0.717, 1.165) is 12.0 Å². The van der Waals surface area contributed by atoms with Crippen molar-refractivity contribution in [2.24, 2.45) is 0 Å². The zero-order valence-corrected chi connectivity index (χ0v) is 52.7. The molecular formula is C47H68N14O19P2S4. The Morgan fingerprint density at radius 2 is 1.44 bits per heavy atom. The fraction of sp³-hybridized carbons (Fsp3) is 0.617. The number of thiol groups is 1. The second-order valence-electron chi connectivity index (χ2n) is 20.0. The zero-order valence-electron chi connectivity index (χ0n) is 47.5. The Balaban J connectivity index is 0.822. The van der Waals surface area contributed by atoms with E-state index < -0.39 is 93.8 Å². The lowest BCUT2D eigenvalue weighted by atomic mass is 10.1. The Morgan fingerprint density at radius 3 is 2.07 bits per heavy atom. The minimum Gasteiger partial charge on any atom is -0.449 e. The van der Waals surface area contributed by atoms with E-state index in [9.17, 15) is 43.3 Å². The van der Waals surface area contributed by atoms with Crippen molar-refractivity contribution in [3.05, 3.63) is 37.5 Å². The minimum absolute atomic E-state index is 0.0425. The molecule has 7 heterocycles. The summed E-state index contributed by atoms with van der Waals surface area (Å²) in [5.74, 6) is -0.491. The second kappa shape index (κ2) is 30.7. The van der Waals surface area contributed by atoms with E-state index in [1.165, 1.54) is 74.2 Å². The first-order chi connectivity index (χ1) is 40.8. The molecule has 0 saturated carbocycles. The summed E-state index contributed by atoms with van der Waals surface area (Å²) in [6.07, 6.45) is -2.36. The molecule has 5 amide bonds. The van der Waals surface area contributed by atoms with Gasteiger partial charge in [0.2, 0.25) is 11.8 Å². The lowest BCUT2D eigenvalue weighted by Gasteiger charge is -2.26. The molecule has 0 radical (unpaired) electrons. The number of imide groups is 1. The SMILES string of the molecule is COP(O)(=S)OC[C@H]1O[C@@H](n2cnc3c(N)ncnc32)[C@H](OP(=O)(S)OC[C@@H]2C[C@@H](OC(=O)OCCN(C)C(=O)OCCSSC(C)(C)CCC(=O)N(C)CCN(C)C(=O)CCOCCN3C(=O)C=CC3=O)[C@H](n3cnc4c(N)ncnc43)O2)[C@@H]1O. The van der Waals surface area contributed by atoms with Crippen molar-refractivity contribution < 1.29 is 89.8 Å². The Hall–Kier alpha value is -5.37. The number of carbonyl (C=O) groups is 6. The molecule has 9 atom stereocenters. The van der Waals surface area contributed by atoms with Crippen LogP contribution in [0.1, 0.15) is 52.0 Å². The van der Waals surface area contributed by atoms with Crippen LogP contribution in [-0.4, -0.2) is 240 Å². The van der Waals surface area contributed by atoms with Gasteiger partial charge in [0.25, 0.3) is 11.8 Å². The number of fused-ring (bicyclic) bond motifs is 2. The molecule has 0 bridgehead atoms. The van der Waals surface area contributed by atoms with Gasteiger partial charge in [-0.25, -0.2) is 44.1 Å².